The molecule has 6 nitrogen and oxygen atoms in total. The quantitative estimate of drug-likeness (QED) is 0.422. The summed E-state index contributed by atoms with van der Waals surface area (Å²) in [6.45, 7) is 0.435. The topological polar surface area (TPSA) is 72.9 Å². The first-order valence-corrected chi connectivity index (χ1v) is 4.58. The molecular formula is C9H9NO5. The van der Waals surface area contributed by atoms with Gasteiger partial charge in [-0.25, -0.2) is 14.4 Å². The third-order valence-corrected chi connectivity index (χ3v) is 2.23. The molecule has 1 unspecified atom stereocenters. The standard InChI is InChI=1S/C9H9NO5/c11-7-3-4-8(12)15-9(13)10-5-1-2-6(10)14-7/h3-4,6H,1-2,5H2/b4-3+. The summed E-state index contributed by atoms with van der Waals surface area (Å²) in [5.41, 5.74) is 0. The van der Waals surface area contributed by atoms with Gasteiger partial charge in [0.05, 0.1) is 0 Å². The number of nitrogens with zero attached hydrogens (tertiary/aromatic N) is 1. The van der Waals surface area contributed by atoms with E-state index in [0.29, 0.717) is 13.0 Å². The van der Waals surface area contributed by atoms with Crippen LogP contribution in [0.4, 0.5) is 4.79 Å². The maximum Gasteiger partial charge on any atom is 0.420 e. The normalized spacial score (nSPS) is 28.4. The maximum absolute atomic E-state index is 11.4. The van der Waals surface area contributed by atoms with Gasteiger partial charge in [0.15, 0.2) is 6.23 Å². The van der Waals surface area contributed by atoms with Gasteiger partial charge in [-0.05, 0) is 6.42 Å². The van der Waals surface area contributed by atoms with E-state index in [1.165, 1.54) is 4.90 Å². The van der Waals surface area contributed by atoms with E-state index in [1.807, 2.05) is 0 Å². The highest BCUT2D eigenvalue weighted by Gasteiger charge is 2.34. The van der Waals surface area contributed by atoms with E-state index in [9.17, 15) is 14.4 Å². The lowest BCUT2D eigenvalue weighted by Crippen LogP contribution is -2.38. The third-order valence-electron chi connectivity index (χ3n) is 2.23. The van der Waals surface area contributed by atoms with Crippen LogP contribution in [0.15, 0.2) is 12.2 Å². The first-order valence-electron chi connectivity index (χ1n) is 4.58. The zero-order chi connectivity index (χ0) is 10.8. The Hall–Kier alpha value is -1.85. The number of carbonyl (C=O) groups is 3. The molecule has 0 radical (unpaired) electrons. The van der Waals surface area contributed by atoms with Crippen LogP contribution in [-0.4, -0.2) is 35.7 Å². The lowest BCUT2D eigenvalue weighted by Gasteiger charge is -2.21. The van der Waals surface area contributed by atoms with Crippen molar-refractivity contribution in [2.75, 3.05) is 6.54 Å². The van der Waals surface area contributed by atoms with E-state index in [2.05, 4.69) is 4.74 Å². The fourth-order valence-corrected chi connectivity index (χ4v) is 1.56. The molecule has 0 aromatic rings. The van der Waals surface area contributed by atoms with Crippen LogP contribution in [-0.2, 0) is 19.1 Å². The minimum atomic E-state index is -0.857. The van der Waals surface area contributed by atoms with Crippen LogP contribution < -0.4 is 0 Å². The summed E-state index contributed by atoms with van der Waals surface area (Å²) in [7, 11) is 0. The largest absolute Gasteiger partial charge is 0.438 e. The summed E-state index contributed by atoms with van der Waals surface area (Å²) in [6, 6.07) is 0. The van der Waals surface area contributed by atoms with E-state index in [0.717, 1.165) is 18.6 Å². The van der Waals surface area contributed by atoms with Gasteiger partial charge >= 0.3 is 18.0 Å². The molecule has 0 aliphatic carbocycles. The summed E-state index contributed by atoms with van der Waals surface area (Å²) < 4.78 is 9.42. The van der Waals surface area contributed by atoms with Crippen molar-refractivity contribution < 1.29 is 23.9 Å². The molecule has 0 N–H and O–H groups in total. The predicted octanol–water partition coefficient (Wildman–Crippen LogP) is 0.184. The zero-order valence-electron chi connectivity index (χ0n) is 7.84. The van der Waals surface area contributed by atoms with Gasteiger partial charge in [0.1, 0.15) is 0 Å². The van der Waals surface area contributed by atoms with Crippen molar-refractivity contribution in [3.8, 4) is 0 Å². The molecule has 1 atom stereocenters. The fraction of sp³-hybridized carbons (Fsp3) is 0.444. The van der Waals surface area contributed by atoms with Crippen molar-refractivity contribution >= 4 is 18.0 Å². The Kier molecular flexibility index (Phi) is 2.40. The first kappa shape index (κ1) is 9.70. The molecular weight excluding hydrogens is 202 g/mol. The van der Waals surface area contributed by atoms with E-state index in [1.54, 1.807) is 0 Å². The molecule has 1 fully saturated rings. The predicted molar refractivity (Wildman–Crippen MR) is 46.4 cm³/mol. The Labute approximate surface area is 85.4 Å². The SMILES string of the molecule is O=C1/C=C/C(=O)OC2CCCN2C(=O)O1. The molecule has 2 aliphatic rings. The van der Waals surface area contributed by atoms with E-state index < -0.39 is 24.3 Å². The minimum absolute atomic E-state index is 0.435. The van der Waals surface area contributed by atoms with Gasteiger partial charge in [0.2, 0.25) is 0 Å². The first-order chi connectivity index (χ1) is 7.16. The van der Waals surface area contributed by atoms with Gasteiger partial charge in [-0.1, -0.05) is 0 Å². The van der Waals surface area contributed by atoms with Crippen LogP contribution in [0.5, 0.6) is 0 Å². The Bertz CT molecular complexity index is 348. The molecule has 1 amide bonds. The summed E-state index contributed by atoms with van der Waals surface area (Å²) in [5, 5.41) is 0. The second kappa shape index (κ2) is 3.72. The number of amides is 1. The molecule has 80 valence electrons. The molecule has 2 rings (SSSR count). The molecule has 0 spiro atoms. The van der Waals surface area contributed by atoms with Crippen LogP contribution >= 0.6 is 0 Å². The van der Waals surface area contributed by atoms with Crippen molar-refractivity contribution in [1.29, 1.82) is 0 Å². The van der Waals surface area contributed by atoms with Crippen molar-refractivity contribution in [1.82, 2.24) is 4.90 Å². The van der Waals surface area contributed by atoms with Crippen LogP contribution in [0.25, 0.3) is 0 Å². The Morgan fingerprint density at radius 1 is 1.20 bits per heavy atom. The molecule has 2 aliphatic heterocycles. The summed E-state index contributed by atoms with van der Waals surface area (Å²) >= 11 is 0. The number of carbonyl (C=O) groups excluding carboxylic acids is 3. The van der Waals surface area contributed by atoms with Gasteiger partial charge in [0, 0.05) is 25.1 Å². The lowest BCUT2D eigenvalue weighted by molar-refractivity contribution is -0.148. The van der Waals surface area contributed by atoms with Crippen LogP contribution in [0, 0.1) is 0 Å². The number of fused-ring (bicyclic) bond motifs is 1. The number of rotatable bonds is 0. The zero-order valence-corrected chi connectivity index (χ0v) is 7.84. The molecule has 0 saturated carbocycles. The van der Waals surface area contributed by atoms with Gasteiger partial charge in [-0.2, -0.15) is 0 Å². The molecule has 0 bridgehead atoms. The number of cyclic esters (lactones) is 2. The monoisotopic (exact) mass is 211 g/mol. The van der Waals surface area contributed by atoms with Gasteiger partial charge in [0.25, 0.3) is 0 Å². The molecule has 1 saturated heterocycles. The van der Waals surface area contributed by atoms with Crippen molar-refractivity contribution in [2.24, 2.45) is 0 Å². The van der Waals surface area contributed by atoms with Crippen LogP contribution in [0.3, 0.4) is 0 Å². The fourth-order valence-electron chi connectivity index (χ4n) is 1.56. The summed E-state index contributed by atoms with van der Waals surface area (Å²) in [6.07, 6.45) is 1.76. The van der Waals surface area contributed by atoms with E-state index >= 15 is 0 Å². The molecule has 0 aromatic carbocycles. The smallest absolute Gasteiger partial charge is 0.420 e. The maximum atomic E-state index is 11.4. The number of hydrogen-bond donors (Lipinski definition) is 0. The van der Waals surface area contributed by atoms with Crippen molar-refractivity contribution in [3.63, 3.8) is 0 Å². The van der Waals surface area contributed by atoms with E-state index in [4.69, 9.17) is 4.74 Å². The highest BCUT2D eigenvalue weighted by molar-refractivity contribution is 5.97. The number of esters is 2. The van der Waals surface area contributed by atoms with Crippen molar-refractivity contribution in [3.05, 3.63) is 12.2 Å². The number of ether oxygens (including phenoxy) is 2. The summed E-state index contributed by atoms with van der Waals surface area (Å²) in [4.78, 5) is 34.7. The number of hydrogen-bond acceptors (Lipinski definition) is 5. The van der Waals surface area contributed by atoms with Crippen LogP contribution in [0.2, 0.25) is 0 Å². The van der Waals surface area contributed by atoms with Crippen molar-refractivity contribution in [2.45, 2.75) is 19.1 Å². The Morgan fingerprint density at radius 3 is 2.73 bits per heavy atom. The average Bonchev–Trinajstić information content (AvgIpc) is 2.62. The minimum Gasteiger partial charge on any atom is -0.438 e. The average molecular weight is 211 g/mol. The highest BCUT2D eigenvalue weighted by Crippen LogP contribution is 2.20. The van der Waals surface area contributed by atoms with Gasteiger partial charge in [-0.3, -0.25) is 4.90 Å². The molecule has 6 heteroatoms. The second-order valence-electron chi connectivity index (χ2n) is 3.25. The second-order valence-corrected chi connectivity index (χ2v) is 3.25. The van der Waals surface area contributed by atoms with Crippen LogP contribution in [0.1, 0.15) is 12.8 Å². The van der Waals surface area contributed by atoms with Gasteiger partial charge in [-0.15, -0.1) is 0 Å². The third kappa shape index (κ3) is 1.98. The summed E-state index contributed by atoms with van der Waals surface area (Å²) in [5.74, 6) is -1.50. The molecule has 15 heavy (non-hydrogen) atoms. The highest BCUT2D eigenvalue weighted by atomic mass is 16.6. The Morgan fingerprint density at radius 2 is 1.93 bits per heavy atom. The molecule has 2 heterocycles. The lowest BCUT2D eigenvalue weighted by atomic mass is 10.4. The van der Waals surface area contributed by atoms with E-state index in [-0.39, 0.29) is 0 Å². The molecule has 0 aromatic heterocycles. The Balaban J connectivity index is 2.22. The van der Waals surface area contributed by atoms with Gasteiger partial charge < -0.3 is 9.47 Å².